The molecule has 0 unspecified atom stereocenters. The second-order valence-electron chi connectivity index (χ2n) is 5.81. The van der Waals surface area contributed by atoms with E-state index in [4.69, 9.17) is 17.3 Å². The van der Waals surface area contributed by atoms with Gasteiger partial charge in [0.05, 0.1) is 5.02 Å². The Morgan fingerprint density at radius 1 is 1.05 bits per heavy atom. The lowest BCUT2D eigenvalue weighted by molar-refractivity contribution is 0.590. The second kappa shape index (κ2) is 6.21. The van der Waals surface area contributed by atoms with E-state index in [1.54, 1.807) is 11.8 Å². The molecular formula is C17H20ClNS. The third kappa shape index (κ3) is 3.57. The highest BCUT2D eigenvalue weighted by Crippen LogP contribution is 2.36. The average Bonchev–Trinajstić information content (AvgIpc) is 2.40. The second-order valence-corrected chi connectivity index (χ2v) is 7.30. The normalized spacial score (nSPS) is 11.7. The zero-order valence-corrected chi connectivity index (χ0v) is 13.7. The Balaban J connectivity index is 2.27. The van der Waals surface area contributed by atoms with Gasteiger partial charge in [-0.1, -0.05) is 68.4 Å². The van der Waals surface area contributed by atoms with Crippen LogP contribution in [0, 0.1) is 0 Å². The summed E-state index contributed by atoms with van der Waals surface area (Å²) in [5.41, 5.74) is 8.38. The van der Waals surface area contributed by atoms with Gasteiger partial charge in [-0.15, -0.1) is 0 Å². The Labute approximate surface area is 130 Å². The molecule has 0 saturated heterocycles. The monoisotopic (exact) mass is 305 g/mol. The first-order chi connectivity index (χ1) is 9.41. The molecular weight excluding hydrogens is 286 g/mol. The molecule has 0 atom stereocenters. The molecule has 0 bridgehead atoms. The predicted molar refractivity (Wildman–Crippen MR) is 88.6 cm³/mol. The summed E-state index contributed by atoms with van der Waals surface area (Å²) in [7, 11) is 0. The van der Waals surface area contributed by atoms with E-state index in [9.17, 15) is 0 Å². The van der Waals surface area contributed by atoms with E-state index in [2.05, 4.69) is 45.0 Å². The van der Waals surface area contributed by atoms with Gasteiger partial charge in [0.15, 0.2) is 0 Å². The molecule has 0 aliphatic heterocycles. The molecule has 0 spiro atoms. The van der Waals surface area contributed by atoms with Gasteiger partial charge in [-0.2, -0.15) is 0 Å². The number of hydrogen-bond acceptors (Lipinski definition) is 2. The van der Waals surface area contributed by atoms with Gasteiger partial charge in [0.1, 0.15) is 0 Å². The summed E-state index contributed by atoms with van der Waals surface area (Å²) in [5, 5.41) is 0.762. The van der Waals surface area contributed by atoms with Gasteiger partial charge < -0.3 is 5.73 Å². The Morgan fingerprint density at radius 3 is 2.25 bits per heavy atom. The van der Waals surface area contributed by atoms with Gasteiger partial charge in [0, 0.05) is 16.3 Å². The van der Waals surface area contributed by atoms with E-state index in [1.165, 1.54) is 10.5 Å². The van der Waals surface area contributed by atoms with E-state index in [0.717, 1.165) is 15.5 Å². The predicted octanol–water partition coefficient (Wildman–Crippen LogP) is 5.25. The fourth-order valence-corrected chi connectivity index (χ4v) is 3.24. The Morgan fingerprint density at radius 2 is 1.70 bits per heavy atom. The van der Waals surface area contributed by atoms with Gasteiger partial charge >= 0.3 is 0 Å². The molecule has 20 heavy (non-hydrogen) atoms. The zero-order chi connectivity index (χ0) is 14.8. The van der Waals surface area contributed by atoms with Gasteiger partial charge in [-0.05, 0) is 34.7 Å². The van der Waals surface area contributed by atoms with Crippen LogP contribution in [0.5, 0.6) is 0 Å². The maximum atomic E-state index is 6.29. The summed E-state index contributed by atoms with van der Waals surface area (Å²) in [4.78, 5) is 2.24. The lowest BCUT2D eigenvalue weighted by Gasteiger charge is -2.19. The van der Waals surface area contributed by atoms with Crippen molar-refractivity contribution in [1.29, 1.82) is 0 Å². The van der Waals surface area contributed by atoms with Crippen molar-refractivity contribution >= 4 is 23.4 Å². The minimum absolute atomic E-state index is 0.177. The summed E-state index contributed by atoms with van der Waals surface area (Å²) >= 11 is 7.96. The molecule has 2 rings (SSSR count). The molecule has 2 N–H and O–H groups in total. The molecule has 0 radical (unpaired) electrons. The van der Waals surface area contributed by atoms with Crippen LogP contribution in [-0.2, 0) is 12.0 Å². The van der Waals surface area contributed by atoms with E-state index >= 15 is 0 Å². The third-order valence-corrected chi connectivity index (χ3v) is 4.83. The van der Waals surface area contributed by atoms with Gasteiger partial charge in [-0.3, -0.25) is 0 Å². The SMILES string of the molecule is CC(C)(C)c1ccc(Sc2c(Cl)cccc2CN)cc1. The molecule has 2 aromatic rings. The van der Waals surface area contributed by atoms with Crippen molar-refractivity contribution in [3.8, 4) is 0 Å². The molecule has 2 aromatic carbocycles. The standard InChI is InChI=1S/C17H20ClNS/c1-17(2,3)13-7-9-14(10-8-13)20-16-12(11-19)5-4-6-15(16)18/h4-10H,11,19H2,1-3H3. The van der Waals surface area contributed by atoms with Crippen LogP contribution in [0.25, 0.3) is 0 Å². The Bertz CT molecular complexity index is 585. The average molecular weight is 306 g/mol. The minimum Gasteiger partial charge on any atom is -0.326 e. The van der Waals surface area contributed by atoms with Crippen molar-refractivity contribution in [1.82, 2.24) is 0 Å². The van der Waals surface area contributed by atoms with Crippen LogP contribution in [0.1, 0.15) is 31.9 Å². The van der Waals surface area contributed by atoms with Crippen molar-refractivity contribution in [2.75, 3.05) is 0 Å². The number of hydrogen-bond donors (Lipinski definition) is 1. The van der Waals surface area contributed by atoms with Crippen molar-refractivity contribution in [3.63, 3.8) is 0 Å². The van der Waals surface area contributed by atoms with Gasteiger partial charge in [0.25, 0.3) is 0 Å². The molecule has 0 saturated carbocycles. The molecule has 0 fully saturated rings. The maximum Gasteiger partial charge on any atom is 0.0548 e. The van der Waals surface area contributed by atoms with E-state index in [0.29, 0.717) is 6.54 Å². The maximum absolute atomic E-state index is 6.29. The van der Waals surface area contributed by atoms with E-state index in [-0.39, 0.29) is 5.41 Å². The molecule has 3 heteroatoms. The number of nitrogens with two attached hydrogens (primary N) is 1. The molecule has 106 valence electrons. The topological polar surface area (TPSA) is 26.0 Å². The van der Waals surface area contributed by atoms with Crippen molar-refractivity contribution in [2.24, 2.45) is 5.73 Å². The van der Waals surface area contributed by atoms with Gasteiger partial charge in [-0.25, -0.2) is 0 Å². The van der Waals surface area contributed by atoms with Crippen molar-refractivity contribution in [2.45, 2.75) is 42.5 Å². The summed E-state index contributed by atoms with van der Waals surface area (Å²) in [5.74, 6) is 0. The quantitative estimate of drug-likeness (QED) is 0.838. The van der Waals surface area contributed by atoms with Crippen molar-refractivity contribution in [3.05, 3.63) is 58.6 Å². The minimum atomic E-state index is 0.177. The molecule has 0 aromatic heterocycles. The highest BCUT2D eigenvalue weighted by atomic mass is 35.5. The van der Waals surface area contributed by atoms with Crippen molar-refractivity contribution < 1.29 is 0 Å². The lowest BCUT2D eigenvalue weighted by Crippen LogP contribution is -2.10. The van der Waals surface area contributed by atoms with Crippen LogP contribution in [0.15, 0.2) is 52.3 Å². The molecule has 0 heterocycles. The Kier molecular flexibility index (Phi) is 4.79. The summed E-state index contributed by atoms with van der Waals surface area (Å²) < 4.78 is 0. The smallest absolute Gasteiger partial charge is 0.0548 e. The van der Waals surface area contributed by atoms with Crippen LogP contribution >= 0.6 is 23.4 Å². The first kappa shape index (κ1) is 15.4. The first-order valence-corrected chi connectivity index (χ1v) is 7.87. The van der Waals surface area contributed by atoms with Crippen LogP contribution < -0.4 is 5.73 Å². The molecule has 0 aliphatic rings. The summed E-state index contributed by atoms with van der Waals surface area (Å²) in [6.07, 6.45) is 0. The lowest BCUT2D eigenvalue weighted by atomic mass is 9.87. The van der Waals surface area contributed by atoms with Crippen LogP contribution in [0.2, 0.25) is 5.02 Å². The fourth-order valence-electron chi connectivity index (χ4n) is 1.97. The molecule has 0 aliphatic carbocycles. The molecule has 1 nitrogen and oxygen atoms in total. The van der Waals surface area contributed by atoms with Gasteiger partial charge in [0.2, 0.25) is 0 Å². The largest absolute Gasteiger partial charge is 0.326 e. The summed E-state index contributed by atoms with van der Waals surface area (Å²) in [6.45, 7) is 7.16. The fraction of sp³-hybridized carbons (Fsp3) is 0.294. The summed E-state index contributed by atoms with van der Waals surface area (Å²) in [6, 6.07) is 14.5. The highest BCUT2D eigenvalue weighted by Gasteiger charge is 2.13. The number of halogens is 1. The van der Waals surface area contributed by atoms with Crippen LogP contribution in [0.4, 0.5) is 0 Å². The first-order valence-electron chi connectivity index (χ1n) is 6.67. The van der Waals surface area contributed by atoms with Crippen LogP contribution in [-0.4, -0.2) is 0 Å². The van der Waals surface area contributed by atoms with E-state index < -0.39 is 0 Å². The number of benzene rings is 2. The molecule has 0 amide bonds. The Hall–Kier alpha value is -0.960. The zero-order valence-electron chi connectivity index (χ0n) is 12.1. The third-order valence-electron chi connectivity index (χ3n) is 3.21. The highest BCUT2D eigenvalue weighted by molar-refractivity contribution is 7.99. The number of rotatable bonds is 3. The van der Waals surface area contributed by atoms with E-state index in [1.807, 2.05) is 18.2 Å². The van der Waals surface area contributed by atoms with Crippen LogP contribution in [0.3, 0.4) is 0 Å².